The van der Waals surface area contributed by atoms with Crippen LogP contribution in [0.5, 0.6) is 0 Å². The molecule has 3 aromatic rings. The minimum atomic E-state index is -0.392. The molecule has 0 saturated heterocycles. The number of esters is 1. The van der Waals surface area contributed by atoms with E-state index in [-0.39, 0.29) is 18.5 Å². The Morgan fingerprint density at radius 3 is 2.79 bits per heavy atom. The van der Waals surface area contributed by atoms with Crippen LogP contribution >= 0.6 is 11.8 Å². The van der Waals surface area contributed by atoms with Crippen LogP contribution in [0.25, 0.3) is 10.8 Å². The molecule has 3 aromatic carbocycles. The Kier molecular flexibility index (Phi) is 7.84. The maximum absolute atomic E-state index is 12.7. The second-order valence-electron chi connectivity index (χ2n) is 8.68. The Hall–Kier alpha value is -2.63. The minimum absolute atomic E-state index is 0.00790. The molecule has 0 amide bonds. The van der Waals surface area contributed by atoms with Crippen molar-refractivity contribution in [1.29, 1.82) is 0 Å². The Morgan fingerprint density at radius 1 is 1.12 bits per heavy atom. The molecule has 1 unspecified atom stereocenters. The van der Waals surface area contributed by atoms with Gasteiger partial charge in [0.25, 0.3) is 0 Å². The maximum Gasteiger partial charge on any atom is 0.338 e. The van der Waals surface area contributed by atoms with E-state index in [1.54, 1.807) is 11.8 Å². The molecular weight excluding hydrogens is 432 g/mol. The number of hydrogen-bond donors (Lipinski definition) is 1. The van der Waals surface area contributed by atoms with Gasteiger partial charge in [-0.3, -0.25) is 4.79 Å². The lowest BCUT2D eigenvalue weighted by atomic mass is 9.96. The van der Waals surface area contributed by atoms with Crippen molar-refractivity contribution in [2.24, 2.45) is 5.92 Å². The van der Waals surface area contributed by atoms with Gasteiger partial charge in [-0.25, -0.2) is 4.79 Å². The molecule has 2 atom stereocenters. The standard InChI is InChI=1S/C28H30O4S/c1-19-12-13-20(18-24(19)28(31)32-17-16-29)6-4-9-22-14-15-25(30)27(22)33-26-11-5-8-21-7-2-3-10-23(21)26/h2-3,5,7-8,10-13,18,22,27,29H,4,6,9,14-17H2,1H3/t22-,27?/m0/s1. The predicted octanol–water partition coefficient (Wildman–Crippen LogP) is 5.76. The first-order chi connectivity index (χ1) is 16.1. The molecule has 1 aliphatic carbocycles. The Labute approximate surface area is 199 Å². The molecule has 0 aliphatic heterocycles. The van der Waals surface area contributed by atoms with Gasteiger partial charge in [0.15, 0.2) is 0 Å². The fraction of sp³-hybridized carbons (Fsp3) is 0.357. The number of aliphatic hydroxyl groups excluding tert-OH is 1. The number of thioether (sulfide) groups is 1. The van der Waals surface area contributed by atoms with Crippen LogP contribution in [0.1, 0.15) is 47.2 Å². The number of hydrogen-bond acceptors (Lipinski definition) is 5. The lowest BCUT2D eigenvalue weighted by molar-refractivity contribution is -0.117. The number of ether oxygens (including phenoxy) is 1. The van der Waals surface area contributed by atoms with Crippen molar-refractivity contribution in [3.05, 3.63) is 77.4 Å². The fourth-order valence-electron chi connectivity index (χ4n) is 4.61. The first kappa shape index (κ1) is 23.5. The number of Topliss-reactive ketones (excluding diaryl/α,β-unsaturated/α-hetero) is 1. The number of fused-ring (bicyclic) bond motifs is 1. The van der Waals surface area contributed by atoms with Crippen LogP contribution in [0, 0.1) is 12.8 Å². The fourth-order valence-corrected chi connectivity index (χ4v) is 6.06. The van der Waals surface area contributed by atoms with Gasteiger partial charge in [0, 0.05) is 11.3 Å². The normalized spacial score (nSPS) is 18.1. The van der Waals surface area contributed by atoms with Crippen LogP contribution in [-0.2, 0) is 16.0 Å². The molecular formula is C28H30O4S. The van der Waals surface area contributed by atoms with Gasteiger partial charge in [0.05, 0.1) is 17.4 Å². The van der Waals surface area contributed by atoms with Crippen LogP contribution in [0.2, 0.25) is 0 Å². The van der Waals surface area contributed by atoms with Crippen molar-refractivity contribution in [3.8, 4) is 0 Å². The first-order valence-electron chi connectivity index (χ1n) is 11.6. The zero-order valence-electron chi connectivity index (χ0n) is 19.0. The average Bonchev–Trinajstić information content (AvgIpc) is 3.18. The van der Waals surface area contributed by atoms with E-state index in [0.717, 1.165) is 36.8 Å². The molecule has 33 heavy (non-hydrogen) atoms. The molecule has 4 rings (SSSR count). The van der Waals surface area contributed by atoms with Crippen LogP contribution in [0.15, 0.2) is 65.6 Å². The SMILES string of the molecule is Cc1ccc(CCC[C@H]2CCC(=O)C2Sc2cccc3ccccc23)cc1C(=O)OCCO. The van der Waals surface area contributed by atoms with Crippen LogP contribution < -0.4 is 0 Å². The summed E-state index contributed by atoms with van der Waals surface area (Å²) in [5, 5.41) is 11.3. The van der Waals surface area contributed by atoms with E-state index in [0.29, 0.717) is 23.7 Å². The molecule has 1 fully saturated rings. The van der Waals surface area contributed by atoms with Gasteiger partial charge >= 0.3 is 5.97 Å². The van der Waals surface area contributed by atoms with Crippen molar-refractivity contribution in [3.63, 3.8) is 0 Å². The van der Waals surface area contributed by atoms with Gasteiger partial charge < -0.3 is 9.84 Å². The Morgan fingerprint density at radius 2 is 1.94 bits per heavy atom. The van der Waals surface area contributed by atoms with Crippen LogP contribution in [0.3, 0.4) is 0 Å². The van der Waals surface area contributed by atoms with Crippen molar-refractivity contribution >= 4 is 34.3 Å². The topological polar surface area (TPSA) is 63.6 Å². The number of carbonyl (C=O) groups excluding carboxylic acids is 2. The van der Waals surface area contributed by atoms with Crippen molar-refractivity contribution in [2.75, 3.05) is 13.2 Å². The Bertz CT molecular complexity index is 1130. The van der Waals surface area contributed by atoms with Gasteiger partial charge in [-0.1, -0.05) is 48.5 Å². The molecule has 0 spiro atoms. The highest BCUT2D eigenvalue weighted by Gasteiger charge is 2.35. The van der Waals surface area contributed by atoms with E-state index >= 15 is 0 Å². The molecule has 0 radical (unpaired) electrons. The number of rotatable bonds is 9. The summed E-state index contributed by atoms with van der Waals surface area (Å²) >= 11 is 1.73. The monoisotopic (exact) mass is 462 g/mol. The smallest absolute Gasteiger partial charge is 0.338 e. The van der Waals surface area contributed by atoms with Gasteiger partial charge in [0.2, 0.25) is 0 Å². The van der Waals surface area contributed by atoms with E-state index < -0.39 is 5.97 Å². The number of aryl methyl sites for hydroxylation is 2. The average molecular weight is 463 g/mol. The van der Waals surface area contributed by atoms with Crippen molar-refractivity contribution in [1.82, 2.24) is 0 Å². The highest BCUT2D eigenvalue weighted by atomic mass is 32.2. The van der Waals surface area contributed by atoms with Gasteiger partial charge in [0.1, 0.15) is 12.4 Å². The van der Waals surface area contributed by atoms with E-state index in [9.17, 15) is 9.59 Å². The van der Waals surface area contributed by atoms with E-state index in [1.165, 1.54) is 15.7 Å². The third kappa shape index (κ3) is 5.66. The highest BCUT2D eigenvalue weighted by molar-refractivity contribution is 8.00. The third-order valence-corrected chi connectivity index (χ3v) is 7.91. The predicted molar refractivity (Wildman–Crippen MR) is 133 cm³/mol. The second kappa shape index (κ2) is 11.0. The van der Waals surface area contributed by atoms with Gasteiger partial charge in [-0.05, 0) is 72.6 Å². The first-order valence-corrected chi connectivity index (χ1v) is 12.5. The van der Waals surface area contributed by atoms with Crippen molar-refractivity contribution < 1.29 is 19.4 Å². The molecule has 1 saturated carbocycles. The van der Waals surface area contributed by atoms with E-state index in [4.69, 9.17) is 9.84 Å². The zero-order chi connectivity index (χ0) is 23.2. The quantitative estimate of drug-likeness (QED) is 0.410. The maximum atomic E-state index is 12.7. The molecule has 1 aliphatic rings. The summed E-state index contributed by atoms with van der Waals surface area (Å²) in [7, 11) is 0. The Balaban J connectivity index is 1.39. The molecule has 0 heterocycles. The highest BCUT2D eigenvalue weighted by Crippen LogP contribution is 2.41. The van der Waals surface area contributed by atoms with E-state index in [1.807, 2.05) is 25.1 Å². The molecule has 172 valence electrons. The third-order valence-electron chi connectivity index (χ3n) is 6.40. The second-order valence-corrected chi connectivity index (χ2v) is 9.87. The summed E-state index contributed by atoms with van der Waals surface area (Å²) in [6, 6.07) is 20.6. The number of benzene rings is 3. The summed E-state index contributed by atoms with van der Waals surface area (Å²) in [4.78, 5) is 26.1. The number of aliphatic hydroxyl groups is 1. The molecule has 1 N–H and O–H groups in total. The summed E-state index contributed by atoms with van der Waals surface area (Å²) in [5.74, 6) is 0.347. The molecule has 0 bridgehead atoms. The summed E-state index contributed by atoms with van der Waals surface area (Å²) < 4.78 is 5.08. The summed E-state index contributed by atoms with van der Waals surface area (Å²) in [6.45, 7) is 1.72. The summed E-state index contributed by atoms with van der Waals surface area (Å²) in [5.41, 5.74) is 2.52. The lowest BCUT2D eigenvalue weighted by Crippen LogP contribution is -2.17. The van der Waals surface area contributed by atoms with Gasteiger partial charge in [-0.15, -0.1) is 11.8 Å². The summed E-state index contributed by atoms with van der Waals surface area (Å²) in [6.07, 6.45) is 4.44. The minimum Gasteiger partial charge on any atom is -0.460 e. The molecule has 5 heteroatoms. The lowest BCUT2D eigenvalue weighted by Gasteiger charge is -2.19. The molecule has 4 nitrogen and oxygen atoms in total. The number of ketones is 1. The van der Waals surface area contributed by atoms with Gasteiger partial charge in [-0.2, -0.15) is 0 Å². The van der Waals surface area contributed by atoms with E-state index in [2.05, 4.69) is 42.5 Å². The zero-order valence-corrected chi connectivity index (χ0v) is 19.8. The largest absolute Gasteiger partial charge is 0.460 e. The molecule has 0 aromatic heterocycles. The van der Waals surface area contributed by atoms with Crippen molar-refractivity contribution in [2.45, 2.75) is 49.2 Å². The number of carbonyl (C=O) groups is 2. The van der Waals surface area contributed by atoms with Crippen LogP contribution in [0.4, 0.5) is 0 Å². The van der Waals surface area contributed by atoms with Crippen LogP contribution in [-0.4, -0.2) is 35.3 Å².